The standard InChI is InChI=1S/C14H23N3OS/c1-10-13(11(2)16-15-10)7-14(18)17-6-4-5-12(8-17)9-19-3/h12H,4-9H2,1-3H3,(H,15,16)/t12-/m0/s1. The molecular weight excluding hydrogens is 258 g/mol. The van der Waals surface area contributed by atoms with Gasteiger partial charge in [0.15, 0.2) is 0 Å². The number of carbonyl (C=O) groups is 1. The number of nitrogens with one attached hydrogen (secondary N) is 1. The Morgan fingerprint density at radius 1 is 1.53 bits per heavy atom. The number of rotatable bonds is 4. The lowest BCUT2D eigenvalue weighted by Gasteiger charge is -2.32. The highest BCUT2D eigenvalue weighted by molar-refractivity contribution is 7.98. The third kappa shape index (κ3) is 3.53. The topological polar surface area (TPSA) is 49.0 Å². The maximum absolute atomic E-state index is 12.4. The minimum absolute atomic E-state index is 0.249. The summed E-state index contributed by atoms with van der Waals surface area (Å²) < 4.78 is 0. The Balaban J connectivity index is 1.96. The number of aryl methyl sites for hydroxylation is 2. The number of nitrogens with zero attached hydrogens (tertiary/aromatic N) is 2. The highest BCUT2D eigenvalue weighted by atomic mass is 32.2. The second-order valence-corrected chi connectivity index (χ2v) is 6.30. The average molecular weight is 281 g/mol. The van der Waals surface area contributed by atoms with Crippen LogP contribution in [0.1, 0.15) is 29.8 Å². The molecule has 1 fully saturated rings. The van der Waals surface area contributed by atoms with Crippen LogP contribution in [-0.4, -0.2) is 46.1 Å². The van der Waals surface area contributed by atoms with Crippen LogP contribution in [0.15, 0.2) is 0 Å². The lowest BCUT2D eigenvalue weighted by atomic mass is 9.99. The fourth-order valence-electron chi connectivity index (χ4n) is 2.76. The molecule has 0 radical (unpaired) electrons. The van der Waals surface area contributed by atoms with Gasteiger partial charge in [0.1, 0.15) is 0 Å². The van der Waals surface area contributed by atoms with Crippen molar-refractivity contribution in [2.24, 2.45) is 5.92 Å². The maximum Gasteiger partial charge on any atom is 0.227 e. The predicted octanol–water partition coefficient (Wildman–Crippen LogP) is 2.17. The molecule has 2 heterocycles. The zero-order valence-electron chi connectivity index (χ0n) is 12.0. The summed E-state index contributed by atoms with van der Waals surface area (Å²) >= 11 is 1.88. The largest absolute Gasteiger partial charge is 0.342 e. The van der Waals surface area contributed by atoms with Gasteiger partial charge in [-0.15, -0.1) is 0 Å². The van der Waals surface area contributed by atoms with Gasteiger partial charge < -0.3 is 4.90 Å². The first-order valence-electron chi connectivity index (χ1n) is 6.89. The molecule has 0 aliphatic carbocycles. The molecule has 1 saturated heterocycles. The molecule has 0 spiro atoms. The number of hydrogen-bond acceptors (Lipinski definition) is 3. The van der Waals surface area contributed by atoms with E-state index in [0.29, 0.717) is 12.3 Å². The summed E-state index contributed by atoms with van der Waals surface area (Å²) in [4.78, 5) is 14.4. The number of likely N-dealkylation sites (tertiary alicyclic amines) is 1. The molecule has 106 valence electrons. The molecule has 0 unspecified atom stereocenters. The van der Waals surface area contributed by atoms with E-state index in [2.05, 4.69) is 16.5 Å². The van der Waals surface area contributed by atoms with E-state index in [1.165, 1.54) is 6.42 Å². The van der Waals surface area contributed by atoms with Crippen LogP contribution < -0.4 is 0 Å². The van der Waals surface area contributed by atoms with Gasteiger partial charge >= 0.3 is 0 Å². The molecule has 2 rings (SSSR count). The summed E-state index contributed by atoms with van der Waals surface area (Å²) in [5.74, 6) is 2.07. The van der Waals surface area contributed by atoms with Crippen molar-refractivity contribution in [1.82, 2.24) is 15.1 Å². The van der Waals surface area contributed by atoms with Gasteiger partial charge in [-0.25, -0.2) is 0 Å². The van der Waals surface area contributed by atoms with Crippen molar-refractivity contribution in [3.63, 3.8) is 0 Å². The maximum atomic E-state index is 12.4. The summed E-state index contributed by atoms with van der Waals surface area (Å²) in [6.45, 7) is 5.78. The first-order chi connectivity index (χ1) is 9.11. The number of hydrogen-bond donors (Lipinski definition) is 1. The molecule has 1 aliphatic rings. The van der Waals surface area contributed by atoms with E-state index < -0.39 is 0 Å². The molecule has 0 bridgehead atoms. The summed E-state index contributed by atoms with van der Waals surface area (Å²) in [5.41, 5.74) is 3.03. The quantitative estimate of drug-likeness (QED) is 0.920. The van der Waals surface area contributed by atoms with Crippen molar-refractivity contribution in [2.75, 3.05) is 25.1 Å². The third-order valence-corrected chi connectivity index (χ3v) is 4.69. The van der Waals surface area contributed by atoms with Crippen LogP contribution in [0.2, 0.25) is 0 Å². The first kappa shape index (κ1) is 14.4. The van der Waals surface area contributed by atoms with Gasteiger partial charge in [-0.05, 0) is 44.6 Å². The van der Waals surface area contributed by atoms with Gasteiger partial charge in [0.05, 0.1) is 12.1 Å². The summed E-state index contributed by atoms with van der Waals surface area (Å²) in [6, 6.07) is 0. The Labute approximate surface area is 119 Å². The van der Waals surface area contributed by atoms with Crippen molar-refractivity contribution in [2.45, 2.75) is 33.1 Å². The number of carbonyl (C=O) groups excluding carboxylic acids is 1. The van der Waals surface area contributed by atoms with Crippen molar-refractivity contribution in [1.29, 1.82) is 0 Å². The third-order valence-electron chi connectivity index (χ3n) is 3.88. The van der Waals surface area contributed by atoms with E-state index >= 15 is 0 Å². The first-order valence-corrected chi connectivity index (χ1v) is 8.28. The highest BCUT2D eigenvalue weighted by Gasteiger charge is 2.24. The van der Waals surface area contributed by atoms with Gasteiger partial charge in [-0.3, -0.25) is 9.89 Å². The van der Waals surface area contributed by atoms with Crippen LogP contribution in [0.3, 0.4) is 0 Å². The summed E-state index contributed by atoms with van der Waals surface area (Å²) in [7, 11) is 0. The number of aromatic amines is 1. The Morgan fingerprint density at radius 3 is 2.95 bits per heavy atom. The smallest absolute Gasteiger partial charge is 0.227 e. The molecule has 1 aromatic heterocycles. The van der Waals surface area contributed by atoms with Crippen molar-refractivity contribution >= 4 is 17.7 Å². The molecular formula is C14H23N3OS. The van der Waals surface area contributed by atoms with E-state index in [1.54, 1.807) is 0 Å². The molecule has 19 heavy (non-hydrogen) atoms. The molecule has 1 atom stereocenters. The molecule has 1 aromatic rings. The van der Waals surface area contributed by atoms with Gasteiger partial charge in [0, 0.05) is 24.3 Å². The van der Waals surface area contributed by atoms with Gasteiger partial charge in [0.2, 0.25) is 5.91 Å². The average Bonchev–Trinajstić information content (AvgIpc) is 2.71. The van der Waals surface area contributed by atoms with E-state index in [-0.39, 0.29) is 5.91 Å². The minimum atomic E-state index is 0.249. The lowest BCUT2D eigenvalue weighted by Crippen LogP contribution is -2.41. The predicted molar refractivity (Wildman–Crippen MR) is 79.5 cm³/mol. The fraction of sp³-hybridized carbons (Fsp3) is 0.714. The van der Waals surface area contributed by atoms with Crippen LogP contribution in [0.25, 0.3) is 0 Å². The van der Waals surface area contributed by atoms with Gasteiger partial charge in [-0.2, -0.15) is 16.9 Å². The lowest BCUT2D eigenvalue weighted by molar-refractivity contribution is -0.132. The van der Waals surface area contributed by atoms with Crippen LogP contribution in [0.5, 0.6) is 0 Å². The Kier molecular flexibility index (Phi) is 4.91. The molecule has 4 nitrogen and oxygen atoms in total. The number of thioether (sulfide) groups is 1. The molecule has 5 heteroatoms. The number of amides is 1. The van der Waals surface area contributed by atoms with Crippen LogP contribution in [-0.2, 0) is 11.2 Å². The Morgan fingerprint density at radius 2 is 2.32 bits per heavy atom. The van der Waals surface area contributed by atoms with E-state index in [0.717, 1.165) is 42.2 Å². The van der Waals surface area contributed by atoms with Gasteiger partial charge in [-0.1, -0.05) is 0 Å². The van der Waals surface area contributed by atoms with Gasteiger partial charge in [0.25, 0.3) is 0 Å². The molecule has 1 N–H and O–H groups in total. The molecule has 1 amide bonds. The SMILES string of the molecule is CSC[C@H]1CCCN(C(=O)Cc2c(C)n[nH]c2C)C1. The molecule has 1 aliphatic heterocycles. The second-order valence-electron chi connectivity index (χ2n) is 5.39. The molecule has 0 saturated carbocycles. The van der Waals surface area contributed by atoms with Crippen molar-refractivity contribution in [3.8, 4) is 0 Å². The zero-order valence-corrected chi connectivity index (χ0v) is 12.8. The monoisotopic (exact) mass is 281 g/mol. The second kappa shape index (κ2) is 6.46. The number of aromatic nitrogens is 2. The molecule has 0 aromatic carbocycles. The Bertz CT molecular complexity index is 422. The Hall–Kier alpha value is -0.970. The van der Waals surface area contributed by atoms with Crippen molar-refractivity contribution in [3.05, 3.63) is 17.0 Å². The highest BCUT2D eigenvalue weighted by Crippen LogP contribution is 2.21. The fourth-order valence-corrected chi connectivity index (χ4v) is 3.50. The summed E-state index contributed by atoms with van der Waals surface area (Å²) in [5, 5.41) is 7.11. The van der Waals surface area contributed by atoms with E-state index in [1.807, 2.05) is 30.5 Å². The van der Waals surface area contributed by atoms with E-state index in [4.69, 9.17) is 0 Å². The van der Waals surface area contributed by atoms with Crippen LogP contribution >= 0.6 is 11.8 Å². The minimum Gasteiger partial charge on any atom is -0.342 e. The normalized spacial score (nSPS) is 19.7. The number of piperidine rings is 1. The zero-order chi connectivity index (χ0) is 13.8. The number of H-pyrrole nitrogens is 1. The summed E-state index contributed by atoms with van der Waals surface area (Å²) in [6.07, 6.45) is 5.02. The van der Waals surface area contributed by atoms with Crippen LogP contribution in [0.4, 0.5) is 0 Å². The van der Waals surface area contributed by atoms with Crippen LogP contribution in [0, 0.1) is 19.8 Å². The van der Waals surface area contributed by atoms with Crippen molar-refractivity contribution < 1.29 is 4.79 Å². The van der Waals surface area contributed by atoms with E-state index in [9.17, 15) is 4.79 Å².